The minimum Gasteiger partial charge on any atom is -0.508 e. The highest BCUT2D eigenvalue weighted by molar-refractivity contribution is 5.96. The van der Waals surface area contributed by atoms with Gasteiger partial charge in [-0.25, -0.2) is 0 Å². The first kappa shape index (κ1) is 17.9. The average molecular weight is 362 g/mol. The van der Waals surface area contributed by atoms with E-state index in [1.807, 2.05) is 0 Å². The summed E-state index contributed by atoms with van der Waals surface area (Å²) in [6, 6.07) is 14.6. The van der Waals surface area contributed by atoms with E-state index in [1.165, 1.54) is 12.1 Å². The first-order chi connectivity index (χ1) is 12.9. The Morgan fingerprint density at radius 1 is 1.04 bits per heavy atom. The van der Waals surface area contributed by atoms with Crippen molar-refractivity contribution in [3.05, 3.63) is 87.8 Å². The van der Waals surface area contributed by atoms with Crippen LogP contribution in [0.4, 0.5) is 0 Å². The van der Waals surface area contributed by atoms with Crippen molar-refractivity contribution in [1.82, 2.24) is 10.3 Å². The monoisotopic (exact) mass is 362 g/mol. The van der Waals surface area contributed by atoms with E-state index in [0.717, 1.165) is 11.1 Å². The van der Waals surface area contributed by atoms with E-state index in [2.05, 4.69) is 10.3 Å². The van der Waals surface area contributed by atoms with Gasteiger partial charge in [0.15, 0.2) is 0 Å². The fourth-order valence-electron chi connectivity index (χ4n) is 2.58. The number of carbonyl (C=O) groups is 1. The molecule has 7 heteroatoms. The van der Waals surface area contributed by atoms with Crippen molar-refractivity contribution in [3.63, 3.8) is 0 Å². The predicted octanol–water partition coefficient (Wildman–Crippen LogP) is 1.96. The van der Waals surface area contributed by atoms with Crippen LogP contribution in [0.2, 0.25) is 0 Å². The molecule has 0 saturated heterocycles. The number of nitrogen functional groups attached to an aromatic ring is 1. The number of rotatable bonds is 5. The number of carbonyl (C=O) groups excluding carboxylic acids is 1. The number of aromatic amines is 1. The Bertz CT molecular complexity index is 1040. The summed E-state index contributed by atoms with van der Waals surface area (Å²) in [5.41, 5.74) is 8.39. The molecular weight excluding hydrogens is 344 g/mol. The number of pyridine rings is 1. The largest absolute Gasteiger partial charge is 0.508 e. The third kappa shape index (κ3) is 4.21. The van der Waals surface area contributed by atoms with Crippen LogP contribution in [0.25, 0.3) is 11.1 Å². The van der Waals surface area contributed by atoms with Crippen LogP contribution < -0.4 is 16.6 Å². The van der Waals surface area contributed by atoms with E-state index in [9.17, 15) is 14.7 Å². The highest BCUT2D eigenvalue weighted by atomic mass is 16.3. The van der Waals surface area contributed by atoms with Gasteiger partial charge >= 0.3 is 0 Å². The topological polar surface area (TPSA) is 132 Å². The van der Waals surface area contributed by atoms with Gasteiger partial charge in [0.2, 0.25) is 5.56 Å². The molecule has 0 aliphatic rings. The maximum atomic E-state index is 12.3. The van der Waals surface area contributed by atoms with Gasteiger partial charge in [0.1, 0.15) is 11.6 Å². The van der Waals surface area contributed by atoms with Gasteiger partial charge in [0, 0.05) is 35.5 Å². The lowest BCUT2D eigenvalue weighted by Crippen LogP contribution is -2.23. The molecule has 0 bridgehead atoms. The summed E-state index contributed by atoms with van der Waals surface area (Å²) in [7, 11) is 0. The standard InChI is InChI=1S/C20H18N4O3/c21-19(22)14-5-7-17(25)16(9-14)11-24-20(27)13-3-1-12(2-4-13)15-6-8-18(26)23-10-15/h1-10,25H,11H2,(H3,21,22)(H,23,26)(H,24,27). The van der Waals surface area contributed by atoms with Gasteiger partial charge in [0.25, 0.3) is 5.91 Å². The number of hydrogen-bond acceptors (Lipinski definition) is 4. The highest BCUT2D eigenvalue weighted by Crippen LogP contribution is 2.19. The minimum atomic E-state index is -0.296. The van der Waals surface area contributed by atoms with Crippen molar-refractivity contribution in [2.75, 3.05) is 0 Å². The lowest BCUT2D eigenvalue weighted by molar-refractivity contribution is 0.0951. The number of benzene rings is 2. The van der Waals surface area contributed by atoms with Crippen molar-refractivity contribution in [3.8, 4) is 16.9 Å². The second-order valence-corrected chi connectivity index (χ2v) is 5.96. The van der Waals surface area contributed by atoms with Gasteiger partial charge in [-0.3, -0.25) is 15.0 Å². The number of H-pyrrole nitrogens is 1. The van der Waals surface area contributed by atoms with Crippen LogP contribution in [-0.4, -0.2) is 21.8 Å². The molecule has 1 aromatic heterocycles. The van der Waals surface area contributed by atoms with E-state index >= 15 is 0 Å². The molecule has 0 radical (unpaired) electrons. The van der Waals surface area contributed by atoms with Crippen molar-refractivity contribution < 1.29 is 9.90 Å². The van der Waals surface area contributed by atoms with Crippen molar-refractivity contribution >= 4 is 11.7 Å². The number of aromatic hydroxyl groups is 1. The molecule has 0 aliphatic carbocycles. The number of amidine groups is 1. The summed E-state index contributed by atoms with van der Waals surface area (Å²) in [6.07, 6.45) is 1.61. The van der Waals surface area contributed by atoms with Crippen LogP contribution in [0, 0.1) is 5.41 Å². The number of amides is 1. The molecule has 0 spiro atoms. The fourth-order valence-corrected chi connectivity index (χ4v) is 2.58. The number of nitrogens with one attached hydrogen (secondary N) is 3. The first-order valence-corrected chi connectivity index (χ1v) is 8.18. The molecule has 0 saturated carbocycles. The molecule has 0 atom stereocenters. The van der Waals surface area contributed by atoms with Crippen molar-refractivity contribution in [1.29, 1.82) is 5.41 Å². The van der Waals surface area contributed by atoms with Crippen molar-refractivity contribution in [2.24, 2.45) is 5.73 Å². The summed E-state index contributed by atoms with van der Waals surface area (Å²) in [5.74, 6) is -0.384. The lowest BCUT2D eigenvalue weighted by atomic mass is 10.1. The summed E-state index contributed by atoms with van der Waals surface area (Å²) in [6.45, 7) is 0.105. The minimum absolute atomic E-state index is 0.0220. The Hall–Kier alpha value is -3.87. The molecule has 3 aromatic rings. The maximum Gasteiger partial charge on any atom is 0.251 e. The Balaban J connectivity index is 1.70. The SMILES string of the molecule is N=C(N)c1ccc(O)c(CNC(=O)c2ccc(-c3ccc(=O)[nH]c3)cc2)c1. The van der Waals surface area contributed by atoms with E-state index < -0.39 is 0 Å². The van der Waals surface area contributed by atoms with Crippen LogP contribution in [-0.2, 0) is 6.54 Å². The third-order valence-corrected chi connectivity index (χ3v) is 4.09. The molecule has 1 amide bonds. The molecule has 0 unspecified atom stereocenters. The summed E-state index contributed by atoms with van der Waals surface area (Å²) < 4.78 is 0. The molecule has 0 aliphatic heterocycles. The molecule has 6 N–H and O–H groups in total. The number of nitrogens with two attached hydrogens (primary N) is 1. The summed E-state index contributed by atoms with van der Waals surface area (Å²) >= 11 is 0. The zero-order valence-corrected chi connectivity index (χ0v) is 14.3. The molecule has 3 rings (SSSR count). The molecule has 136 valence electrons. The zero-order chi connectivity index (χ0) is 19.4. The van der Waals surface area contributed by atoms with Crippen LogP contribution in [0.1, 0.15) is 21.5 Å². The summed E-state index contributed by atoms with van der Waals surface area (Å²) in [5, 5.41) is 20.1. The van der Waals surface area contributed by atoms with Crippen LogP contribution >= 0.6 is 0 Å². The van der Waals surface area contributed by atoms with Gasteiger partial charge in [-0.15, -0.1) is 0 Å². The Labute approximate surface area is 155 Å². The van der Waals surface area contributed by atoms with Crippen LogP contribution in [0.15, 0.2) is 65.6 Å². The molecule has 7 nitrogen and oxygen atoms in total. The third-order valence-electron chi connectivity index (χ3n) is 4.09. The predicted molar refractivity (Wildman–Crippen MR) is 103 cm³/mol. The lowest BCUT2D eigenvalue weighted by Gasteiger charge is -2.09. The number of aromatic nitrogens is 1. The van der Waals surface area contributed by atoms with E-state index in [1.54, 1.807) is 48.7 Å². The maximum absolute atomic E-state index is 12.3. The van der Waals surface area contributed by atoms with Crippen LogP contribution in [0.5, 0.6) is 5.75 Å². The van der Waals surface area contributed by atoms with E-state index in [0.29, 0.717) is 16.7 Å². The Morgan fingerprint density at radius 2 is 1.70 bits per heavy atom. The number of phenolic OH excluding ortho intramolecular Hbond substituents is 1. The smallest absolute Gasteiger partial charge is 0.251 e. The van der Waals surface area contributed by atoms with Gasteiger partial charge in [-0.1, -0.05) is 12.1 Å². The molecule has 0 fully saturated rings. The van der Waals surface area contributed by atoms with Crippen LogP contribution in [0.3, 0.4) is 0 Å². The fraction of sp³-hybridized carbons (Fsp3) is 0.0500. The quantitative estimate of drug-likeness (QED) is 0.350. The molecule has 27 heavy (non-hydrogen) atoms. The molecule has 2 aromatic carbocycles. The number of phenols is 1. The van der Waals surface area contributed by atoms with Gasteiger partial charge in [-0.05, 0) is 47.5 Å². The second-order valence-electron chi connectivity index (χ2n) is 5.96. The second kappa shape index (κ2) is 7.57. The van der Waals surface area contributed by atoms with E-state index in [4.69, 9.17) is 11.1 Å². The van der Waals surface area contributed by atoms with Gasteiger partial charge in [-0.2, -0.15) is 0 Å². The number of hydrogen-bond donors (Lipinski definition) is 5. The summed E-state index contributed by atoms with van der Waals surface area (Å²) in [4.78, 5) is 26.1. The first-order valence-electron chi connectivity index (χ1n) is 8.18. The Morgan fingerprint density at radius 3 is 2.33 bits per heavy atom. The normalized spacial score (nSPS) is 10.4. The molecule has 1 heterocycles. The Kier molecular flexibility index (Phi) is 5.03. The molecular formula is C20H18N4O3. The van der Waals surface area contributed by atoms with Gasteiger partial charge in [0.05, 0.1) is 0 Å². The average Bonchev–Trinajstić information content (AvgIpc) is 2.67. The highest BCUT2D eigenvalue weighted by Gasteiger charge is 2.09. The zero-order valence-electron chi connectivity index (χ0n) is 14.3. The van der Waals surface area contributed by atoms with Gasteiger partial charge < -0.3 is 21.1 Å². The van der Waals surface area contributed by atoms with Crippen molar-refractivity contribution in [2.45, 2.75) is 6.54 Å². The van der Waals surface area contributed by atoms with E-state index in [-0.39, 0.29) is 29.6 Å².